The Morgan fingerprint density at radius 2 is 2.03 bits per heavy atom. The summed E-state index contributed by atoms with van der Waals surface area (Å²) in [6, 6.07) is 16.5. The van der Waals surface area contributed by atoms with Gasteiger partial charge < -0.3 is 19.4 Å². The van der Waals surface area contributed by atoms with Gasteiger partial charge in [0.25, 0.3) is 0 Å². The number of fused-ring (bicyclic) bond motifs is 3. The topological polar surface area (TPSA) is 58.0 Å². The Bertz CT molecular complexity index is 1100. The minimum absolute atomic E-state index is 0.0338. The van der Waals surface area contributed by atoms with Gasteiger partial charge in [0.15, 0.2) is 0 Å². The summed E-state index contributed by atoms with van der Waals surface area (Å²) in [5.41, 5.74) is 3.38. The lowest BCUT2D eigenvalue weighted by Crippen LogP contribution is -2.60. The minimum Gasteiger partial charge on any atom is -0.497 e. The number of nitrogens with zero attached hydrogens (tertiary/aromatic N) is 2. The number of anilines is 1. The fourth-order valence-electron chi connectivity index (χ4n) is 4.97. The van der Waals surface area contributed by atoms with Crippen molar-refractivity contribution in [1.29, 1.82) is 0 Å². The van der Waals surface area contributed by atoms with Crippen LogP contribution in [0.25, 0.3) is 0 Å². The zero-order valence-corrected chi connectivity index (χ0v) is 18.7. The minimum atomic E-state index is -0.227. The van der Waals surface area contributed by atoms with Crippen LogP contribution in [-0.2, 0) is 24.3 Å². The van der Waals surface area contributed by atoms with Crippen molar-refractivity contribution in [1.82, 2.24) is 10.2 Å². The molecule has 1 aromatic heterocycles. The van der Waals surface area contributed by atoms with E-state index in [1.54, 1.807) is 13.4 Å². The van der Waals surface area contributed by atoms with Crippen LogP contribution in [0, 0.1) is 11.7 Å². The van der Waals surface area contributed by atoms with Crippen molar-refractivity contribution in [2.45, 2.75) is 25.6 Å². The van der Waals surface area contributed by atoms with Crippen LogP contribution in [0.1, 0.15) is 16.9 Å². The summed E-state index contributed by atoms with van der Waals surface area (Å²) in [6.45, 7) is 3.55. The lowest BCUT2D eigenvalue weighted by Gasteiger charge is -2.49. The highest BCUT2D eigenvalue weighted by molar-refractivity contribution is 5.82. The Hall–Kier alpha value is -3.32. The van der Waals surface area contributed by atoms with Crippen LogP contribution >= 0.6 is 0 Å². The predicted molar refractivity (Wildman–Crippen MR) is 124 cm³/mol. The number of carbonyl (C=O) groups excluding carboxylic acids is 1. The number of furan rings is 1. The molecular weight excluding hydrogens is 421 g/mol. The zero-order chi connectivity index (χ0) is 22.8. The Morgan fingerprint density at radius 1 is 1.18 bits per heavy atom. The number of amides is 1. The molecule has 3 aromatic rings. The number of benzene rings is 2. The second-order valence-electron chi connectivity index (χ2n) is 8.72. The molecule has 0 aliphatic carbocycles. The molecular formula is C26H28FN3O3. The van der Waals surface area contributed by atoms with Gasteiger partial charge in [-0.05, 0) is 47.9 Å². The molecule has 0 spiro atoms. The van der Waals surface area contributed by atoms with Gasteiger partial charge in [-0.15, -0.1) is 0 Å². The molecule has 7 heteroatoms. The average Bonchev–Trinajstić information content (AvgIpc) is 3.37. The maximum Gasteiger partial charge on any atom is 0.225 e. The SMILES string of the molecule is COc1ccc2c(c1)N1CCN(Cc3ccc(F)cc3)C[C@H]1[C@@H](C(=O)NCc1ccco1)C2. The van der Waals surface area contributed by atoms with E-state index in [0.29, 0.717) is 13.0 Å². The van der Waals surface area contributed by atoms with Gasteiger partial charge in [-0.25, -0.2) is 4.39 Å². The Kier molecular flexibility index (Phi) is 6.05. The molecule has 0 unspecified atom stereocenters. The Labute approximate surface area is 192 Å². The molecule has 1 fully saturated rings. The second-order valence-corrected chi connectivity index (χ2v) is 8.72. The van der Waals surface area contributed by atoms with Gasteiger partial charge in [-0.1, -0.05) is 18.2 Å². The number of carbonyl (C=O) groups is 1. The molecule has 1 amide bonds. The maximum atomic E-state index is 13.3. The Morgan fingerprint density at radius 3 is 2.79 bits per heavy atom. The van der Waals surface area contributed by atoms with Crippen LogP contribution in [-0.4, -0.2) is 43.6 Å². The van der Waals surface area contributed by atoms with E-state index in [-0.39, 0.29) is 23.7 Å². The van der Waals surface area contributed by atoms with Gasteiger partial charge in [0.2, 0.25) is 5.91 Å². The quantitative estimate of drug-likeness (QED) is 0.623. The summed E-state index contributed by atoms with van der Waals surface area (Å²) in [5.74, 6) is 1.18. The van der Waals surface area contributed by atoms with Crippen LogP contribution in [0.3, 0.4) is 0 Å². The van der Waals surface area contributed by atoms with E-state index in [1.165, 1.54) is 12.1 Å². The normalized spacial score (nSPS) is 20.1. The van der Waals surface area contributed by atoms with Crippen molar-refractivity contribution in [2.75, 3.05) is 31.6 Å². The first-order valence-electron chi connectivity index (χ1n) is 11.3. The third kappa shape index (κ3) is 4.59. The molecule has 1 saturated heterocycles. The van der Waals surface area contributed by atoms with E-state index in [1.807, 2.05) is 30.3 Å². The van der Waals surface area contributed by atoms with Crippen LogP contribution < -0.4 is 15.0 Å². The highest BCUT2D eigenvalue weighted by Crippen LogP contribution is 2.38. The molecule has 6 nitrogen and oxygen atoms in total. The van der Waals surface area contributed by atoms with Crippen molar-refractivity contribution in [3.8, 4) is 5.75 Å². The van der Waals surface area contributed by atoms with Crippen molar-refractivity contribution in [3.05, 3.63) is 83.6 Å². The first-order valence-corrected chi connectivity index (χ1v) is 11.3. The fourth-order valence-corrected chi connectivity index (χ4v) is 4.97. The van der Waals surface area contributed by atoms with E-state index in [9.17, 15) is 9.18 Å². The standard InChI is InChI=1S/C26H28FN3O3/c1-32-21-9-6-19-13-23(26(31)28-15-22-3-2-12-33-22)25-17-29(10-11-30(25)24(19)14-21)16-18-4-7-20(27)8-5-18/h2-9,12,14,23,25H,10-11,13,15-17H2,1H3,(H,28,31)/t23-,25-/m0/s1. The lowest BCUT2D eigenvalue weighted by atomic mass is 9.83. The van der Waals surface area contributed by atoms with Gasteiger partial charge in [-0.2, -0.15) is 0 Å². The number of hydrogen-bond acceptors (Lipinski definition) is 5. The first kappa shape index (κ1) is 21.5. The number of piperazine rings is 1. The highest BCUT2D eigenvalue weighted by Gasteiger charge is 2.41. The number of nitrogens with one attached hydrogen (secondary N) is 1. The molecule has 0 saturated carbocycles. The summed E-state index contributed by atoms with van der Waals surface area (Å²) in [4.78, 5) is 18.0. The number of methoxy groups -OCH3 is 1. The molecule has 1 N–H and O–H groups in total. The lowest BCUT2D eigenvalue weighted by molar-refractivity contribution is -0.126. The van der Waals surface area contributed by atoms with Gasteiger partial charge >= 0.3 is 0 Å². The van der Waals surface area contributed by atoms with Crippen LogP contribution in [0.2, 0.25) is 0 Å². The molecule has 172 valence electrons. The van der Waals surface area contributed by atoms with Crippen LogP contribution in [0.5, 0.6) is 5.75 Å². The maximum absolute atomic E-state index is 13.3. The summed E-state index contributed by atoms with van der Waals surface area (Å²) >= 11 is 0. The zero-order valence-electron chi connectivity index (χ0n) is 18.7. The molecule has 2 atom stereocenters. The van der Waals surface area contributed by atoms with Crippen molar-refractivity contribution in [3.63, 3.8) is 0 Å². The summed E-state index contributed by atoms with van der Waals surface area (Å²) in [5, 5.41) is 3.07. The molecule has 33 heavy (non-hydrogen) atoms. The summed E-state index contributed by atoms with van der Waals surface area (Å²) < 4.78 is 24.2. The van der Waals surface area contributed by atoms with Crippen LogP contribution in [0.15, 0.2) is 65.3 Å². The second kappa shape index (κ2) is 9.27. The fraction of sp³-hybridized carbons (Fsp3) is 0.346. The first-order chi connectivity index (χ1) is 16.1. The van der Waals surface area contributed by atoms with Crippen molar-refractivity contribution in [2.24, 2.45) is 5.92 Å². The van der Waals surface area contributed by atoms with Gasteiger partial charge in [0.05, 0.1) is 31.9 Å². The average molecular weight is 450 g/mol. The molecule has 0 bridgehead atoms. The van der Waals surface area contributed by atoms with E-state index in [0.717, 1.165) is 54.5 Å². The third-order valence-corrected chi connectivity index (χ3v) is 6.68. The van der Waals surface area contributed by atoms with Crippen molar-refractivity contribution < 1.29 is 18.3 Å². The summed E-state index contributed by atoms with van der Waals surface area (Å²) in [6.07, 6.45) is 2.29. The number of ether oxygens (including phenoxy) is 1. The van der Waals surface area contributed by atoms with E-state index in [2.05, 4.69) is 27.2 Å². The third-order valence-electron chi connectivity index (χ3n) is 6.68. The predicted octanol–water partition coefficient (Wildman–Crippen LogP) is 3.61. The molecule has 2 aliphatic heterocycles. The van der Waals surface area contributed by atoms with Gasteiger partial charge in [-0.3, -0.25) is 9.69 Å². The van der Waals surface area contributed by atoms with Crippen LogP contribution in [0.4, 0.5) is 10.1 Å². The monoisotopic (exact) mass is 449 g/mol. The highest BCUT2D eigenvalue weighted by atomic mass is 19.1. The van der Waals surface area contributed by atoms with E-state index in [4.69, 9.17) is 9.15 Å². The number of hydrogen-bond donors (Lipinski definition) is 1. The van der Waals surface area contributed by atoms with Gasteiger partial charge in [0.1, 0.15) is 17.3 Å². The molecule has 2 aliphatic rings. The van der Waals surface area contributed by atoms with E-state index >= 15 is 0 Å². The van der Waals surface area contributed by atoms with E-state index < -0.39 is 0 Å². The number of halogens is 1. The summed E-state index contributed by atoms with van der Waals surface area (Å²) in [7, 11) is 1.67. The molecule has 5 rings (SSSR count). The van der Waals surface area contributed by atoms with Gasteiger partial charge in [0, 0.05) is 37.9 Å². The Balaban J connectivity index is 1.38. The number of rotatable bonds is 6. The molecule has 2 aromatic carbocycles. The van der Waals surface area contributed by atoms with Crippen molar-refractivity contribution >= 4 is 11.6 Å². The molecule has 0 radical (unpaired) electrons. The smallest absolute Gasteiger partial charge is 0.225 e. The molecule has 3 heterocycles. The largest absolute Gasteiger partial charge is 0.497 e.